The highest BCUT2D eigenvalue weighted by molar-refractivity contribution is 5.21. The van der Waals surface area contributed by atoms with Gasteiger partial charge >= 0.3 is 0 Å². The Morgan fingerprint density at radius 3 is 2.83 bits per heavy atom. The minimum Gasteiger partial charge on any atom is -0.392 e. The Morgan fingerprint density at radius 1 is 1.42 bits per heavy atom. The summed E-state index contributed by atoms with van der Waals surface area (Å²) in [6, 6.07) is 0. The van der Waals surface area contributed by atoms with Gasteiger partial charge in [-0.25, -0.2) is 0 Å². The van der Waals surface area contributed by atoms with Crippen molar-refractivity contribution in [3.63, 3.8) is 0 Å². The van der Waals surface area contributed by atoms with Crippen LogP contribution >= 0.6 is 0 Å². The van der Waals surface area contributed by atoms with Gasteiger partial charge in [0.25, 0.3) is 0 Å². The SMILES string of the molecule is COCOC[C@@H]1C=C[C@@H]2[C@@H](O)[C@@H]21. The molecular formula is C9H14O3. The fraction of sp³-hybridized carbons (Fsp3) is 0.778. The average molecular weight is 170 g/mol. The number of hydrogen-bond donors (Lipinski definition) is 1. The summed E-state index contributed by atoms with van der Waals surface area (Å²) >= 11 is 0. The quantitative estimate of drug-likeness (QED) is 0.377. The summed E-state index contributed by atoms with van der Waals surface area (Å²) in [5.41, 5.74) is 0. The second kappa shape index (κ2) is 3.17. The molecule has 0 heterocycles. The number of hydrogen-bond acceptors (Lipinski definition) is 3. The van der Waals surface area contributed by atoms with Gasteiger partial charge in [-0.2, -0.15) is 0 Å². The maximum absolute atomic E-state index is 9.34. The van der Waals surface area contributed by atoms with Gasteiger partial charge in [0.15, 0.2) is 0 Å². The molecule has 0 aromatic rings. The maximum atomic E-state index is 9.34. The van der Waals surface area contributed by atoms with Crippen LogP contribution < -0.4 is 0 Å². The minimum atomic E-state index is -0.105. The molecule has 0 aromatic heterocycles. The van der Waals surface area contributed by atoms with Crippen molar-refractivity contribution in [3.05, 3.63) is 12.2 Å². The Bertz CT molecular complexity index is 190. The van der Waals surface area contributed by atoms with E-state index in [1.165, 1.54) is 0 Å². The monoisotopic (exact) mass is 170 g/mol. The van der Waals surface area contributed by atoms with Crippen LogP contribution in [0, 0.1) is 17.8 Å². The van der Waals surface area contributed by atoms with Gasteiger partial charge in [-0.3, -0.25) is 0 Å². The highest BCUT2D eigenvalue weighted by Crippen LogP contribution is 2.50. The second-order valence-electron chi connectivity index (χ2n) is 3.47. The molecule has 0 aliphatic heterocycles. The molecule has 0 aromatic carbocycles. The number of rotatable bonds is 4. The number of aliphatic hydroxyl groups excluding tert-OH is 1. The Morgan fingerprint density at radius 2 is 2.25 bits per heavy atom. The van der Waals surface area contributed by atoms with Crippen LogP contribution in [0.15, 0.2) is 12.2 Å². The number of aliphatic hydroxyl groups is 1. The molecule has 4 atom stereocenters. The van der Waals surface area contributed by atoms with E-state index in [1.807, 2.05) is 0 Å². The van der Waals surface area contributed by atoms with Crippen molar-refractivity contribution in [2.24, 2.45) is 17.8 Å². The summed E-state index contributed by atoms with van der Waals surface area (Å²) in [4.78, 5) is 0. The zero-order chi connectivity index (χ0) is 8.55. The van der Waals surface area contributed by atoms with Crippen LogP contribution in [0.3, 0.4) is 0 Å². The zero-order valence-corrected chi connectivity index (χ0v) is 7.14. The van der Waals surface area contributed by atoms with E-state index in [0.717, 1.165) is 0 Å². The smallest absolute Gasteiger partial charge is 0.146 e. The van der Waals surface area contributed by atoms with E-state index in [9.17, 15) is 5.11 Å². The number of fused-ring (bicyclic) bond motifs is 1. The van der Waals surface area contributed by atoms with Crippen LogP contribution in [0.1, 0.15) is 0 Å². The van der Waals surface area contributed by atoms with E-state index in [2.05, 4.69) is 12.2 Å². The Kier molecular flexibility index (Phi) is 2.17. The van der Waals surface area contributed by atoms with E-state index in [0.29, 0.717) is 31.2 Å². The highest BCUT2D eigenvalue weighted by Gasteiger charge is 2.54. The van der Waals surface area contributed by atoms with Crippen molar-refractivity contribution in [2.75, 3.05) is 20.5 Å². The molecule has 1 saturated carbocycles. The van der Waals surface area contributed by atoms with Gasteiger partial charge in [-0.15, -0.1) is 0 Å². The van der Waals surface area contributed by atoms with Gasteiger partial charge in [0.1, 0.15) is 6.79 Å². The third-order valence-electron chi connectivity index (χ3n) is 2.68. The first-order valence-corrected chi connectivity index (χ1v) is 4.27. The maximum Gasteiger partial charge on any atom is 0.146 e. The first-order valence-electron chi connectivity index (χ1n) is 4.27. The molecule has 12 heavy (non-hydrogen) atoms. The molecule has 0 amide bonds. The van der Waals surface area contributed by atoms with E-state index in [4.69, 9.17) is 9.47 Å². The van der Waals surface area contributed by atoms with E-state index < -0.39 is 0 Å². The molecule has 0 radical (unpaired) electrons. The lowest BCUT2D eigenvalue weighted by Crippen LogP contribution is -2.11. The van der Waals surface area contributed by atoms with Crippen molar-refractivity contribution in [1.29, 1.82) is 0 Å². The molecule has 1 fully saturated rings. The summed E-state index contributed by atoms with van der Waals surface area (Å²) in [6.45, 7) is 1.01. The van der Waals surface area contributed by atoms with Gasteiger partial charge in [-0.1, -0.05) is 12.2 Å². The molecule has 68 valence electrons. The third-order valence-corrected chi connectivity index (χ3v) is 2.68. The lowest BCUT2D eigenvalue weighted by atomic mass is 10.1. The Labute approximate surface area is 72.0 Å². The van der Waals surface area contributed by atoms with E-state index in [-0.39, 0.29) is 6.10 Å². The average Bonchev–Trinajstić information content (AvgIpc) is 2.56. The summed E-state index contributed by atoms with van der Waals surface area (Å²) in [6.07, 6.45) is 4.12. The minimum absolute atomic E-state index is 0.105. The molecule has 0 saturated heterocycles. The van der Waals surface area contributed by atoms with Crippen molar-refractivity contribution in [2.45, 2.75) is 6.10 Å². The summed E-state index contributed by atoms with van der Waals surface area (Å²) in [5.74, 6) is 1.25. The molecule has 2 aliphatic rings. The van der Waals surface area contributed by atoms with Gasteiger partial charge < -0.3 is 14.6 Å². The fourth-order valence-electron chi connectivity index (χ4n) is 1.96. The van der Waals surface area contributed by atoms with Gasteiger partial charge in [-0.05, 0) is 0 Å². The molecule has 1 N–H and O–H groups in total. The van der Waals surface area contributed by atoms with Crippen LogP contribution in [0.2, 0.25) is 0 Å². The number of ether oxygens (including phenoxy) is 2. The Hall–Kier alpha value is -0.380. The molecule has 2 rings (SSSR count). The topological polar surface area (TPSA) is 38.7 Å². The van der Waals surface area contributed by atoms with Crippen molar-refractivity contribution < 1.29 is 14.6 Å². The van der Waals surface area contributed by atoms with Crippen LogP contribution in [0.5, 0.6) is 0 Å². The lowest BCUT2D eigenvalue weighted by molar-refractivity contribution is -0.0414. The highest BCUT2D eigenvalue weighted by atomic mass is 16.7. The van der Waals surface area contributed by atoms with Gasteiger partial charge in [0.2, 0.25) is 0 Å². The molecule has 0 spiro atoms. The number of methoxy groups -OCH3 is 1. The largest absolute Gasteiger partial charge is 0.392 e. The fourth-order valence-corrected chi connectivity index (χ4v) is 1.96. The van der Waals surface area contributed by atoms with Crippen LogP contribution in [-0.4, -0.2) is 31.7 Å². The summed E-state index contributed by atoms with van der Waals surface area (Å²) in [5, 5.41) is 9.34. The van der Waals surface area contributed by atoms with Crippen LogP contribution in [0.25, 0.3) is 0 Å². The molecule has 3 heteroatoms. The van der Waals surface area contributed by atoms with Crippen LogP contribution in [0.4, 0.5) is 0 Å². The van der Waals surface area contributed by atoms with E-state index in [1.54, 1.807) is 7.11 Å². The van der Waals surface area contributed by atoms with Crippen molar-refractivity contribution in [3.8, 4) is 0 Å². The van der Waals surface area contributed by atoms with Gasteiger partial charge in [0, 0.05) is 24.9 Å². The molecular weight excluding hydrogens is 156 g/mol. The predicted octanol–water partition coefficient (Wildman–Crippen LogP) is 0.400. The third kappa shape index (κ3) is 1.28. The second-order valence-corrected chi connectivity index (χ2v) is 3.47. The first kappa shape index (κ1) is 8.23. The van der Waals surface area contributed by atoms with Crippen LogP contribution in [-0.2, 0) is 9.47 Å². The van der Waals surface area contributed by atoms with Crippen molar-refractivity contribution in [1.82, 2.24) is 0 Å². The molecule has 2 aliphatic carbocycles. The zero-order valence-electron chi connectivity index (χ0n) is 7.14. The normalized spacial score (nSPS) is 43.2. The van der Waals surface area contributed by atoms with Gasteiger partial charge in [0.05, 0.1) is 12.7 Å². The predicted molar refractivity (Wildman–Crippen MR) is 43.4 cm³/mol. The lowest BCUT2D eigenvalue weighted by Gasteiger charge is -2.09. The Balaban J connectivity index is 1.72. The first-order chi connectivity index (χ1) is 5.84. The molecule has 0 unspecified atom stereocenters. The molecule has 3 nitrogen and oxygen atoms in total. The summed E-state index contributed by atoms with van der Waals surface area (Å²) in [7, 11) is 1.61. The standard InChI is InChI=1S/C9H14O3/c1-11-5-12-4-6-2-3-7-8(6)9(7)10/h2-3,6-10H,4-5H2,1H3/t6-,7-,8+,9+/m0/s1. The summed E-state index contributed by atoms with van der Waals surface area (Å²) < 4.78 is 10.00. The van der Waals surface area contributed by atoms with E-state index >= 15 is 0 Å². The molecule has 0 bridgehead atoms. The van der Waals surface area contributed by atoms with Crippen molar-refractivity contribution >= 4 is 0 Å².